The quantitative estimate of drug-likeness (QED) is 0.483. The molecule has 0 fully saturated rings. The Morgan fingerprint density at radius 3 is 2.74 bits per heavy atom. The number of benzene rings is 2. The molecule has 2 heterocycles. The van der Waals surface area contributed by atoms with Gasteiger partial charge in [0, 0.05) is 37.1 Å². The van der Waals surface area contributed by atoms with Crippen LogP contribution in [0.3, 0.4) is 0 Å². The summed E-state index contributed by atoms with van der Waals surface area (Å²) in [5, 5.41) is 2.80. The van der Waals surface area contributed by atoms with Gasteiger partial charge in [-0.15, -0.1) is 0 Å². The number of imidazole rings is 1. The monoisotopic (exact) mass is 416 g/mol. The van der Waals surface area contributed by atoms with Crippen molar-refractivity contribution < 1.29 is 9.53 Å². The molecule has 0 aliphatic carbocycles. The van der Waals surface area contributed by atoms with Gasteiger partial charge in [0.1, 0.15) is 5.82 Å². The topological polar surface area (TPSA) is 89.0 Å². The summed E-state index contributed by atoms with van der Waals surface area (Å²) in [7, 11) is 1.81. The van der Waals surface area contributed by atoms with E-state index < -0.39 is 0 Å². The molecule has 2 N–H and O–H groups in total. The van der Waals surface area contributed by atoms with E-state index >= 15 is 0 Å². The molecule has 2 aromatic heterocycles. The van der Waals surface area contributed by atoms with Gasteiger partial charge in [-0.25, -0.2) is 4.98 Å². The van der Waals surface area contributed by atoms with Crippen molar-refractivity contribution in [1.29, 1.82) is 0 Å². The van der Waals surface area contributed by atoms with Crippen LogP contribution in [0.25, 0.3) is 11.0 Å². The molecule has 31 heavy (non-hydrogen) atoms. The van der Waals surface area contributed by atoms with Crippen LogP contribution >= 0.6 is 0 Å². The van der Waals surface area contributed by atoms with Crippen molar-refractivity contribution in [3.8, 4) is 5.75 Å². The molecular weight excluding hydrogens is 392 g/mol. The van der Waals surface area contributed by atoms with Crippen LogP contribution in [0.4, 0.5) is 5.69 Å². The van der Waals surface area contributed by atoms with Crippen molar-refractivity contribution in [3.63, 3.8) is 0 Å². The largest absolute Gasteiger partial charge is 0.478 e. The third kappa shape index (κ3) is 5.01. The minimum absolute atomic E-state index is 0.148. The Kier molecular flexibility index (Phi) is 5.84. The second-order valence-corrected chi connectivity index (χ2v) is 7.49. The number of anilines is 1. The minimum atomic E-state index is -0.342. The first-order valence-corrected chi connectivity index (χ1v) is 10.1. The van der Waals surface area contributed by atoms with Gasteiger partial charge in [-0.2, -0.15) is 0 Å². The molecule has 1 amide bonds. The first-order chi connectivity index (χ1) is 15.0. The van der Waals surface area contributed by atoms with Crippen LogP contribution in [-0.4, -0.2) is 27.0 Å². The average Bonchev–Trinajstić information content (AvgIpc) is 3.17. The van der Waals surface area contributed by atoms with Crippen molar-refractivity contribution >= 4 is 22.6 Å². The van der Waals surface area contributed by atoms with Gasteiger partial charge in [0.05, 0.1) is 11.0 Å². The zero-order valence-electron chi connectivity index (χ0n) is 17.5. The highest BCUT2D eigenvalue weighted by atomic mass is 16.5. The number of carbonyl (C=O) groups is 1. The smallest absolute Gasteiger partial charge is 0.262 e. The maximum Gasteiger partial charge on any atom is 0.262 e. The number of aryl methyl sites for hydroxylation is 4. The van der Waals surface area contributed by atoms with Crippen LogP contribution < -0.4 is 15.5 Å². The van der Waals surface area contributed by atoms with Crippen LogP contribution in [-0.2, 0) is 24.7 Å². The second kappa shape index (κ2) is 8.87. The summed E-state index contributed by atoms with van der Waals surface area (Å²) in [5.74, 6) is 0.710. The third-order valence-corrected chi connectivity index (χ3v) is 5.12. The standard InChI is InChI=1S/C24H24N4O3/c1-16-12-21(29)22(14-28(16)2)31-15-24(30)25-18-9-10-19-20(13-18)27-23(26-19)11-8-17-6-4-3-5-7-17/h3-7,9-10,12-14H,8,11,15H2,1-2H3,(H,25,30)(H,26,27). The Balaban J connectivity index is 1.37. The Labute approximate surface area is 179 Å². The Morgan fingerprint density at radius 2 is 1.94 bits per heavy atom. The summed E-state index contributed by atoms with van der Waals surface area (Å²) in [4.78, 5) is 32.2. The zero-order chi connectivity index (χ0) is 21.8. The van der Waals surface area contributed by atoms with Crippen molar-refractivity contribution in [2.75, 3.05) is 11.9 Å². The fourth-order valence-electron chi connectivity index (χ4n) is 3.32. The van der Waals surface area contributed by atoms with Gasteiger partial charge >= 0.3 is 0 Å². The number of amides is 1. The summed E-state index contributed by atoms with van der Waals surface area (Å²) in [5.41, 5.74) is 4.17. The molecule has 4 aromatic rings. The van der Waals surface area contributed by atoms with Gasteiger partial charge in [-0.1, -0.05) is 30.3 Å². The molecule has 0 aliphatic rings. The Bertz CT molecular complexity index is 1280. The molecule has 0 radical (unpaired) electrons. The number of rotatable bonds is 7. The molecule has 7 heteroatoms. The number of nitrogens with one attached hydrogen (secondary N) is 2. The summed E-state index contributed by atoms with van der Waals surface area (Å²) in [6.45, 7) is 1.58. The van der Waals surface area contributed by atoms with E-state index in [4.69, 9.17) is 4.74 Å². The molecule has 2 aromatic carbocycles. The lowest BCUT2D eigenvalue weighted by Gasteiger charge is -2.09. The highest BCUT2D eigenvalue weighted by molar-refractivity contribution is 5.94. The van der Waals surface area contributed by atoms with Gasteiger partial charge in [0.2, 0.25) is 5.43 Å². The molecular formula is C24H24N4O3. The maximum atomic E-state index is 12.3. The second-order valence-electron chi connectivity index (χ2n) is 7.49. The van der Waals surface area contributed by atoms with Crippen LogP contribution in [0.1, 0.15) is 17.1 Å². The summed E-state index contributed by atoms with van der Waals surface area (Å²) < 4.78 is 7.18. The number of pyridine rings is 1. The first-order valence-electron chi connectivity index (χ1n) is 10.1. The van der Waals surface area contributed by atoms with Crippen LogP contribution in [0.5, 0.6) is 5.75 Å². The maximum absolute atomic E-state index is 12.3. The lowest BCUT2D eigenvalue weighted by molar-refractivity contribution is -0.118. The molecule has 0 saturated heterocycles. The fourth-order valence-corrected chi connectivity index (χ4v) is 3.32. The van der Waals surface area contributed by atoms with E-state index in [-0.39, 0.29) is 23.7 Å². The van der Waals surface area contributed by atoms with Gasteiger partial charge < -0.3 is 19.6 Å². The predicted molar refractivity (Wildman–Crippen MR) is 120 cm³/mol. The van der Waals surface area contributed by atoms with Crippen molar-refractivity contribution in [3.05, 3.63) is 88.1 Å². The van der Waals surface area contributed by atoms with E-state index in [1.807, 2.05) is 44.3 Å². The van der Waals surface area contributed by atoms with Gasteiger partial charge in [-0.05, 0) is 37.1 Å². The molecule has 0 bridgehead atoms. The summed E-state index contributed by atoms with van der Waals surface area (Å²) >= 11 is 0. The number of nitrogens with zero attached hydrogens (tertiary/aromatic N) is 2. The van der Waals surface area contributed by atoms with Crippen molar-refractivity contribution in [1.82, 2.24) is 14.5 Å². The van der Waals surface area contributed by atoms with Crippen LogP contribution in [0.15, 0.2) is 65.6 Å². The van der Waals surface area contributed by atoms with Crippen molar-refractivity contribution in [2.45, 2.75) is 19.8 Å². The van der Waals surface area contributed by atoms with Crippen molar-refractivity contribution in [2.24, 2.45) is 7.05 Å². The molecule has 0 spiro atoms. The lowest BCUT2D eigenvalue weighted by atomic mass is 10.1. The van der Waals surface area contributed by atoms with Crippen LogP contribution in [0.2, 0.25) is 0 Å². The molecule has 0 saturated carbocycles. The van der Waals surface area contributed by atoms with Gasteiger partial charge in [-0.3, -0.25) is 9.59 Å². The van der Waals surface area contributed by atoms with E-state index in [1.54, 1.807) is 16.8 Å². The van der Waals surface area contributed by atoms with E-state index in [2.05, 4.69) is 27.4 Å². The molecule has 0 atom stereocenters. The predicted octanol–water partition coefficient (Wildman–Crippen LogP) is 3.37. The number of aromatic nitrogens is 3. The fraction of sp³-hybridized carbons (Fsp3) is 0.208. The van der Waals surface area contributed by atoms with E-state index in [1.165, 1.54) is 11.6 Å². The Hall–Kier alpha value is -3.87. The molecule has 7 nitrogen and oxygen atoms in total. The van der Waals surface area contributed by atoms with E-state index in [0.29, 0.717) is 5.69 Å². The van der Waals surface area contributed by atoms with E-state index in [0.717, 1.165) is 35.4 Å². The summed E-state index contributed by atoms with van der Waals surface area (Å²) in [6, 6.07) is 17.3. The average molecular weight is 416 g/mol. The molecule has 0 aliphatic heterocycles. The van der Waals surface area contributed by atoms with E-state index in [9.17, 15) is 9.59 Å². The van der Waals surface area contributed by atoms with Gasteiger partial charge in [0.15, 0.2) is 12.4 Å². The summed E-state index contributed by atoms with van der Waals surface area (Å²) in [6.07, 6.45) is 3.29. The number of aromatic amines is 1. The number of carbonyl (C=O) groups excluding carboxylic acids is 1. The Morgan fingerprint density at radius 1 is 1.13 bits per heavy atom. The normalized spacial score (nSPS) is 10.9. The zero-order valence-corrected chi connectivity index (χ0v) is 17.5. The lowest BCUT2D eigenvalue weighted by Crippen LogP contribution is -2.22. The number of H-pyrrole nitrogens is 1. The molecule has 158 valence electrons. The minimum Gasteiger partial charge on any atom is -0.478 e. The van der Waals surface area contributed by atoms with Crippen LogP contribution in [0, 0.1) is 6.92 Å². The number of hydrogen-bond acceptors (Lipinski definition) is 4. The highest BCUT2D eigenvalue weighted by Gasteiger charge is 2.09. The first kappa shape index (κ1) is 20.4. The highest BCUT2D eigenvalue weighted by Crippen LogP contribution is 2.18. The SMILES string of the molecule is Cc1cc(=O)c(OCC(=O)Nc2ccc3nc(CCc4ccccc4)[nH]c3c2)cn1C. The molecule has 4 rings (SSSR count). The molecule has 0 unspecified atom stereocenters. The third-order valence-electron chi connectivity index (χ3n) is 5.12. The van der Waals surface area contributed by atoms with Gasteiger partial charge in [0.25, 0.3) is 5.91 Å². The number of fused-ring (bicyclic) bond motifs is 1. The number of ether oxygens (including phenoxy) is 1. The number of hydrogen-bond donors (Lipinski definition) is 2.